The zero-order chi connectivity index (χ0) is 19.1. The van der Waals surface area contributed by atoms with Crippen molar-refractivity contribution in [2.75, 3.05) is 17.7 Å². The Bertz CT molecular complexity index is 1000. The van der Waals surface area contributed by atoms with Crippen LogP contribution in [0.1, 0.15) is 35.2 Å². The summed E-state index contributed by atoms with van der Waals surface area (Å²) in [5, 5.41) is 11.2. The summed E-state index contributed by atoms with van der Waals surface area (Å²) in [4.78, 5) is 24.8. The Kier molecular flexibility index (Phi) is 4.53. The van der Waals surface area contributed by atoms with Crippen LogP contribution in [-0.2, 0) is 9.84 Å². The van der Waals surface area contributed by atoms with Gasteiger partial charge in [-0.25, -0.2) is 8.42 Å². The molecule has 26 heavy (non-hydrogen) atoms. The lowest BCUT2D eigenvalue weighted by Crippen LogP contribution is -2.36. The quantitative estimate of drug-likeness (QED) is 0.607. The van der Waals surface area contributed by atoms with Crippen molar-refractivity contribution in [2.45, 2.75) is 24.2 Å². The van der Waals surface area contributed by atoms with E-state index in [0.29, 0.717) is 12.5 Å². The van der Waals surface area contributed by atoms with Gasteiger partial charge in [-0.2, -0.15) is 0 Å². The molecular formula is C18H18N2O5S. The molecule has 0 bridgehead atoms. The number of nitro benzene ring substituents is 1. The Morgan fingerprint density at radius 2 is 1.92 bits per heavy atom. The monoisotopic (exact) mass is 374 g/mol. The minimum atomic E-state index is -3.69. The van der Waals surface area contributed by atoms with Crippen LogP contribution in [0.3, 0.4) is 0 Å². The van der Waals surface area contributed by atoms with Gasteiger partial charge < -0.3 is 4.90 Å². The van der Waals surface area contributed by atoms with Gasteiger partial charge in [0, 0.05) is 36.2 Å². The van der Waals surface area contributed by atoms with Crippen LogP contribution in [0.15, 0.2) is 47.4 Å². The fraction of sp³-hybridized carbons (Fsp3) is 0.278. The first-order chi connectivity index (χ1) is 12.2. The summed E-state index contributed by atoms with van der Waals surface area (Å²) in [6, 6.07) is 10.8. The highest BCUT2D eigenvalue weighted by Gasteiger charge is 2.28. The lowest BCUT2D eigenvalue weighted by molar-refractivity contribution is -0.385. The number of nitro groups is 1. The maximum Gasteiger partial charge on any atom is 0.271 e. The predicted molar refractivity (Wildman–Crippen MR) is 97.4 cm³/mol. The number of nitrogens with zero attached hydrogens (tertiary/aromatic N) is 2. The normalized spacial score (nSPS) is 16.8. The topological polar surface area (TPSA) is 97.6 Å². The Hall–Kier alpha value is -2.74. The van der Waals surface area contributed by atoms with Gasteiger partial charge in [-0.15, -0.1) is 0 Å². The number of anilines is 1. The zero-order valence-electron chi connectivity index (χ0n) is 14.4. The summed E-state index contributed by atoms with van der Waals surface area (Å²) in [6.07, 6.45) is 1.72. The van der Waals surface area contributed by atoms with E-state index in [2.05, 4.69) is 6.92 Å². The summed E-state index contributed by atoms with van der Waals surface area (Å²) in [6.45, 7) is 2.55. The number of rotatable bonds is 3. The highest BCUT2D eigenvalue weighted by atomic mass is 32.2. The highest BCUT2D eigenvalue weighted by Crippen LogP contribution is 2.36. The van der Waals surface area contributed by atoms with Crippen LogP contribution < -0.4 is 4.90 Å². The number of fused-ring (bicyclic) bond motifs is 1. The third kappa shape index (κ3) is 3.32. The molecule has 1 aliphatic rings. The van der Waals surface area contributed by atoms with Crippen molar-refractivity contribution in [1.82, 2.24) is 0 Å². The van der Waals surface area contributed by atoms with E-state index in [4.69, 9.17) is 0 Å². The molecule has 1 aliphatic heterocycles. The Morgan fingerprint density at radius 3 is 2.58 bits per heavy atom. The van der Waals surface area contributed by atoms with E-state index in [1.54, 1.807) is 4.90 Å². The number of hydrogen-bond acceptors (Lipinski definition) is 5. The number of amides is 1. The third-order valence-electron chi connectivity index (χ3n) is 4.57. The Labute approximate surface area is 151 Å². The molecule has 1 amide bonds. The number of carbonyl (C=O) groups is 1. The van der Waals surface area contributed by atoms with Crippen molar-refractivity contribution in [3.63, 3.8) is 0 Å². The van der Waals surface area contributed by atoms with Gasteiger partial charge in [0.15, 0.2) is 9.84 Å². The number of para-hydroxylation sites is 1. The SMILES string of the molecule is C[C@@H]1CCN(C(=O)c2cc([N+](=O)[O-])cc(S(C)(=O)=O)c2)c2ccccc21. The molecule has 0 radical (unpaired) electrons. The van der Waals surface area contributed by atoms with Gasteiger partial charge in [-0.3, -0.25) is 14.9 Å². The third-order valence-corrected chi connectivity index (χ3v) is 5.66. The molecule has 0 aliphatic carbocycles. The van der Waals surface area contributed by atoms with Crippen molar-refractivity contribution >= 4 is 27.1 Å². The van der Waals surface area contributed by atoms with Gasteiger partial charge in [0.25, 0.3) is 11.6 Å². The molecular weight excluding hydrogens is 356 g/mol. The number of carbonyl (C=O) groups excluding carboxylic acids is 1. The molecule has 2 aromatic carbocycles. The maximum atomic E-state index is 13.0. The molecule has 0 unspecified atom stereocenters. The summed E-state index contributed by atoms with van der Waals surface area (Å²) in [7, 11) is -3.69. The van der Waals surface area contributed by atoms with Gasteiger partial charge in [0.2, 0.25) is 0 Å². The minimum Gasteiger partial charge on any atom is -0.308 e. The van der Waals surface area contributed by atoms with E-state index >= 15 is 0 Å². The van der Waals surface area contributed by atoms with Crippen LogP contribution in [0.2, 0.25) is 0 Å². The first kappa shape index (κ1) is 18.1. The van der Waals surface area contributed by atoms with Crippen LogP contribution in [0, 0.1) is 10.1 Å². The van der Waals surface area contributed by atoms with Gasteiger partial charge in [0.05, 0.1) is 9.82 Å². The van der Waals surface area contributed by atoms with Crippen LogP contribution in [0.25, 0.3) is 0 Å². The first-order valence-corrected chi connectivity index (χ1v) is 9.98. The van der Waals surface area contributed by atoms with Crippen molar-refractivity contribution in [1.29, 1.82) is 0 Å². The van der Waals surface area contributed by atoms with E-state index < -0.39 is 26.4 Å². The molecule has 0 fully saturated rings. The number of non-ortho nitro benzene ring substituents is 1. The molecule has 0 spiro atoms. The maximum absolute atomic E-state index is 13.0. The molecule has 3 rings (SSSR count). The van der Waals surface area contributed by atoms with E-state index in [9.17, 15) is 23.3 Å². The molecule has 7 nitrogen and oxygen atoms in total. The van der Waals surface area contributed by atoms with E-state index in [1.165, 1.54) is 6.07 Å². The molecule has 0 aromatic heterocycles. The summed E-state index contributed by atoms with van der Waals surface area (Å²) in [5.41, 5.74) is 1.35. The van der Waals surface area contributed by atoms with Crippen LogP contribution in [0.4, 0.5) is 11.4 Å². The predicted octanol–water partition coefficient (Wildman–Crippen LogP) is 3.15. The van der Waals surface area contributed by atoms with Crippen LogP contribution in [-0.4, -0.2) is 32.0 Å². The number of benzene rings is 2. The first-order valence-electron chi connectivity index (χ1n) is 8.09. The molecule has 136 valence electrons. The molecule has 0 saturated heterocycles. The van der Waals surface area contributed by atoms with E-state index in [1.807, 2.05) is 24.3 Å². The average Bonchev–Trinajstić information content (AvgIpc) is 2.60. The second kappa shape index (κ2) is 6.53. The van der Waals surface area contributed by atoms with Crippen LogP contribution >= 0.6 is 0 Å². The average molecular weight is 374 g/mol. The van der Waals surface area contributed by atoms with Crippen molar-refractivity contribution in [2.24, 2.45) is 0 Å². The van der Waals surface area contributed by atoms with E-state index in [0.717, 1.165) is 36.1 Å². The van der Waals surface area contributed by atoms with Gasteiger partial charge in [-0.1, -0.05) is 25.1 Å². The van der Waals surface area contributed by atoms with Crippen molar-refractivity contribution < 1.29 is 18.1 Å². The minimum absolute atomic E-state index is 0.0102. The summed E-state index contributed by atoms with van der Waals surface area (Å²) >= 11 is 0. The summed E-state index contributed by atoms with van der Waals surface area (Å²) < 4.78 is 23.7. The molecule has 0 N–H and O–H groups in total. The highest BCUT2D eigenvalue weighted by molar-refractivity contribution is 7.90. The molecule has 1 heterocycles. The Balaban J connectivity index is 2.10. The van der Waals surface area contributed by atoms with Crippen LogP contribution in [0.5, 0.6) is 0 Å². The second-order valence-corrected chi connectivity index (χ2v) is 8.47. The van der Waals surface area contributed by atoms with Gasteiger partial charge in [0.1, 0.15) is 0 Å². The smallest absolute Gasteiger partial charge is 0.271 e. The summed E-state index contributed by atoms with van der Waals surface area (Å²) in [5.74, 6) is -0.148. The fourth-order valence-corrected chi connectivity index (χ4v) is 3.82. The molecule has 2 aromatic rings. The van der Waals surface area contributed by atoms with E-state index in [-0.39, 0.29) is 10.5 Å². The van der Waals surface area contributed by atoms with Crippen molar-refractivity contribution in [3.8, 4) is 0 Å². The van der Waals surface area contributed by atoms with Gasteiger partial charge >= 0.3 is 0 Å². The molecule has 1 atom stereocenters. The van der Waals surface area contributed by atoms with Gasteiger partial charge in [-0.05, 0) is 30.0 Å². The largest absolute Gasteiger partial charge is 0.308 e. The lowest BCUT2D eigenvalue weighted by atomic mass is 9.91. The lowest BCUT2D eigenvalue weighted by Gasteiger charge is -2.33. The number of hydrogen-bond donors (Lipinski definition) is 0. The van der Waals surface area contributed by atoms with Crippen molar-refractivity contribution in [3.05, 3.63) is 63.7 Å². The standard InChI is InChI=1S/C18H18N2O5S/c1-12-7-8-19(17-6-4-3-5-16(12)17)18(21)13-9-14(20(22)23)11-15(10-13)26(2,24)25/h3-6,9-12H,7-8H2,1-2H3/t12-/m1/s1. The Morgan fingerprint density at radius 1 is 1.23 bits per heavy atom. The number of sulfone groups is 1. The molecule has 8 heteroatoms. The zero-order valence-corrected chi connectivity index (χ0v) is 15.2. The molecule has 0 saturated carbocycles. The fourth-order valence-electron chi connectivity index (χ4n) is 3.14. The second-order valence-electron chi connectivity index (χ2n) is 6.45.